The van der Waals surface area contributed by atoms with Crippen molar-refractivity contribution in [1.82, 2.24) is 0 Å². The van der Waals surface area contributed by atoms with E-state index in [1.165, 1.54) is 0 Å². The summed E-state index contributed by atoms with van der Waals surface area (Å²) in [7, 11) is 3.29. The second kappa shape index (κ2) is 8.87. The van der Waals surface area contributed by atoms with Crippen LogP contribution in [0.1, 0.15) is 22.6 Å². The van der Waals surface area contributed by atoms with Crippen LogP contribution in [0.4, 0.5) is 0 Å². The Hall–Kier alpha value is -3.53. The molecule has 4 nitrogen and oxygen atoms in total. The molecule has 0 aromatic heterocycles. The minimum atomic E-state index is -0.320. The molecular weight excluding hydrogens is 376 g/mol. The number of benzene rings is 3. The van der Waals surface area contributed by atoms with Gasteiger partial charge in [0, 0.05) is 11.5 Å². The van der Waals surface area contributed by atoms with E-state index < -0.39 is 0 Å². The summed E-state index contributed by atoms with van der Waals surface area (Å²) < 4.78 is 16.3. The molecule has 4 rings (SSSR count). The van der Waals surface area contributed by atoms with E-state index in [1.54, 1.807) is 14.2 Å². The van der Waals surface area contributed by atoms with Crippen molar-refractivity contribution >= 4 is 11.7 Å². The third-order valence-corrected chi connectivity index (χ3v) is 5.45. The van der Waals surface area contributed by atoms with Gasteiger partial charge in [-0.15, -0.1) is 0 Å². The van der Waals surface area contributed by atoms with Gasteiger partial charge in [0.2, 0.25) is 0 Å². The van der Waals surface area contributed by atoms with Crippen molar-refractivity contribution in [3.8, 4) is 11.5 Å². The van der Waals surface area contributed by atoms with Crippen molar-refractivity contribution in [2.24, 2.45) is 5.92 Å². The zero-order valence-corrected chi connectivity index (χ0v) is 17.1. The van der Waals surface area contributed by atoms with Gasteiger partial charge in [0.1, 0.15) is 17.3 Å². The molecule has 1 heterocycles. The van der Waals surface area contributed by atoms with Gasteiger partial charge in [-0.05, 0) is 47.9 Å². The van der Waals surface area contributed by atoms with Crippen LogP contribution in [-0.4, -0.2) is 20.2 Å². The normalized spacial score (nSPS) is 18.3. The first-order chi connectivity index (χ1) is 14.7. The first kappa shape index (κ1) is 19.8. The maximum atomic E-state index is 13.1. The third-order valence-electron chi connectivity index (χ3n) is 5.45. The molecule has 0 saturated heterocycles. The lowest BCUT2D eigenvalue weighted by Gasteiger charge is -2.29. The van der Waals surface area contributed by atoms with Crippen LogP contribution in [0.5, 0.6) is 11.5 Å². The Morgan fingerprint density at radius 3 is 2.00 bits per heavy atom. The van der Waals surface area contributed by atoms with Gasteiger partial charge in [0.05, 0.1) is 20.1 Å². The summed E-state index contributed by atoms with van der Waals surface area (Å²) in [6.07, 6.45) is 2.64. The van der Waals surface area contributed by atoms with E-state index in [9.17, 15) is 4.79 Å². The van der Waals surface area contributed by atoms with Crippen LogP contribution in [0, 0.1) is 5.92 Å². The molecule has 0 unspecified atom stereocenters. The highest BCUT2D eigenvalue weighted by molar-refractivity contribution is 5.84. The smallest absolute Gasteiger partial charge is 0.315 e. The van der Waals surface area contributed by atoms with E-state index in [0.29, 0.717) is 12.2 Å². The van der Waals surface area contributed by atoms with Gasteiger partial charge in [-0.1, -0.05) is 54.6 Å². The van der Waals surface area contributed by atoms with Crippen molar-refractivity contribution in [1.29, 1.82) is 0 Å². The number of allylic oxidation sites excluding steroid dienone is 1. The van der Waals surface area contributed by atoms with Crippen LogP contribution in [0.2, 0.25) is 0 Å². The van der Waals surface area contributed by atoms with Crippen molar-refractivity contribution in [2.75, 3.05) is 14.2 Å². The monoisotopic (exact) mass is 400 g/mol. The molecule has 0 saturated carbocycles. The number of hydrogen-bond donors (Lipinski definition) is 0. The standard InChI is InChI=1S/C26H24O4/c1-28-21-12-8-18(9-13-21)16-24-23(19-10-14-22(29-2)15-11-19)17-25(30-26(24)27)20-6-4-3-5-7-20/h3-15,17,23-24H,16H2,1-2H3/t23-,24+/m1/s1. The van der Waals surface area contributed by atoms with Crippen LogP contribution in [0.25, 0.3) is 5.76 Å². The van der Waals surface area contributed by atoms with Crippen molar-refractivity contribution in [3.05, 3.63) is 102 Å². The van der Waals surface area contributed by atoms with Crippen molar-refractivity contribution in [2.45, 2.75) is 12.3 Å². The first-order valence-electron chi connectivity index (χ1n) is 9.94. The van der Waals surface area contributed by atoms with E-state index >= 15 is 0 Å². The SMILES string of the molecule is COc1ccc(C[C@@H]2C(=O)OC(c3ccccc3)=C[C@@H]2c2ccc(OC)cc2)cc1. The quantitative estimate of drug-likeness (QED) is 0.531. The fourth-order valence-electron chi connectivity index (χ4n) is 3.78. The maximum absolute atomic E-state index is 13.1. The van der Waals surface area contributed by atoms with E-state index in [1.807, 2.05) is 78.9 Å². The maximum Gasteiger partial charge on any atom is 0.315 e. The largest absolute Gasteiger partial charge is 0.497 e. The Morgan fingerprint density at radius 1 is 0.800 bits per heavy atom. The van der Waals surface area contributed by atoms with Gasteiger partial charge >= 0.3 is 5.97 Å². The van der Waals surface area contributed by atoms with E-state index in [4.69, 9.17) is 14.2 Å². The minimum Gasteiger partial charge on any atom is -0.497 e. The number of hydrogen-bond acceptors (Lipinski definition) is 4. The fraction of sp³-hybridized carbons (Fsp3) is 0.192. The van der Waals surface area contributed by atoms with Gasteiger partial charge in [-0.2, -0.15) is 0 Å². The van der Waals surface area contributed by atoms with Gasteiger partial charge in [0.25, 0.3) is 0 Å². The lowest BCUT2D eigenvalue weighted by molar-refractivity contribution is -0.142. The predicted molar refractivity (Wildman–Crippen MR) is 116 cm³/mol. The highest BCUT2D eigenvalue weighted by Gasteiger charge is 2.35. The highest BCUT2D eigenvalue weighted by atomic mass is 16.5. The summed E-state index contributed by atoms with van der Waals surface area (Å²) in [5, 5.41) is 0. The Bertz CT molecular complexity index is 1020. The molecule has 152 valence electrons. The zero-order valence-electron chi connectivity index (χ0n) is 17.1. The van der Waals surface area contributed by atoms with Crippen LogP contribution in [-0.2, 0) is 16.0 Å². The summed E-state index contributed by atoms with van der Waals surface area (Å²) in [5.74, 6) is 1.55. The molecule has 1 aliphatic heterocycles. The molecule has 0 radical (unpaired) electrons. The number of esters is 1. The molecule has 4 heteroatoms. The Balaban J connectivity index is 1.70. The second-order valence-corrected chi connectivity index (χ2v) is 7.28. The van der Waals surface area contributed by atoms with Crippen molar-refractivity contribution < 1.29 is 19.0 Å². The number of ether oxygens (including phenoxy) is 3. The Labute approximate surface area is 176 Å². The van der Waals surface area contributed by atoms with Gasteiger partial charge in [0.15, 0.2) is 0 Å². The lowest BCUT2D eigenvalue weighted by Crippen LogP contribution is -2.29. The van der Waals surface area contributed by atoms with E-state index in [0.717, 1.165) is 28.2 Å². The molecule has 1 aliphatic rings. The number of cyclic esters (lactones) is 1. The van der Waals surface area contributed by atoms with E-state index in [2.05, 4.69) is 6.08 Å². The summed E-state index contributed by atoms with van der Waals surface area (Å²) in [6.45, 7) is 0. The highest BCUT2D eigenvalue weighted by Crippen LogP contribution is 2.38. The number of carbonyl (C=O) groups is 1. The summed E-state index contributed by atoms with van der Waals surface area (Å²) in [6, 6.07) is 25.4. The summed E-state index contributed by atoms with van der Waals surface area (Å²) >= 11 is 0. The molecule has 0 bridgehead atoms. The Morgan fingerprint density at radius 2 is 1.40 bits per heavy atom. The molecule has 0 N–H and O–H groups in total. The number of rotatable bonds is 6. The predicted octanol–water partition coefficient (Wildman–Crippen LogP) is 5.24. The molecule has 0 amide bonds. The third kappa shape index (κ3) is 4.23. The molecule has 0 fully saturated rings. The molecule has 2 atom stereocenters. The molecular formula is C26H24O4. The van der Waals surface area contributed by atoms with Crippen LogP contribution in [0.3, 0.4) is 0 Å². The van der Waals surface area contributed by atoms with Crippen LogP contribution < -0.4 is 9.47 Å². The van der Waals surface area contributed by atoms with Crippen molar-refractivity contribution in [3.63, 3.8) is 0 Å². The van der Waals surface area contributed by atoms with Gasteiger partial charge in [-0.25, -0.2) is 0 Å². The molecule has 3 aromatic rings. The first-order valence-corrected chi connectivity index (χ1v) is 9.94. The molecule has 0 aliphatic carbocycles. The summed E-state index contributed by atoms with van der Waals surface area (Å²) in [4.78, 5) is 13.1. The zero-order chi connectivity index (χ0) is 20.9. The second-order valence-electron chi connectivity index (χ2n) is 7.28. The van der Waals surface area contributed by atoms with Gasteiger partial charge in [-0.3, -0.25) is 4.79 Å². The van der Waals surface area contributed by atoms with E-state index in [-0.39, 0.29) is 17.8 Å². The minimum absolute atomic E-state index is 0.102. The summed E-state index contributed by atoms with van der Waals surface area (Å²) in [5.41, 5.74) is 3.01. The van der Waals surface area contributed by atoms with Crippen LogP contribution in [0.15, 0.2) is 84.9 Å². The fourth-order valence-corrected chi connectivity index (χ4v) is 3.78. The van der Waals surface area contributed by atoms with Gasteiger partial charge < -0.3 is 14.2 Å². The lowest BCUT2D eigenvalue weighted by atomic mass is 9.80. The molecule has 3 aromatic carbocycles. The Kier molecular flexibility index (Phi) is 5.84. The molecule has 0 spiro atoms. The average Bonchev–Trinajstić information content (AvgIpc) is 2.81. The number of methoxy groups -OCH3 is 2. The topological polar surface area (TPSA) is 44.8 Å². The average molecular weight is 400 g/mol. The van der Waals surface area contributed by atoms with Crippen LogP contribution >= 0.6 is 0 Å². The molecule has 30 heavy (non-hydrogen) atoms. The number of carbonyl (C=O) groups excluding carboxylic acids is 1.